The molecule has 1 aliphatic carbocycles. The lowest BCUT2D eigenvalue weighted by Gasteiger charge is -2.43. The van der Waals surface area contributed by atoms with Gasteiger partial charge in [0.05, 0.1) is 29.3 Å². The molecule has 21 heavy (non-hydrogen) atoms. The predicted octanol–water partition coefficient (Wildman–Crippen LogP) is 2.40. The number of hydrogen-bond donors (Lipinski definition) is 1. The molecule has 2 aliphatic rings. The Morgan fingerprint density at radius 2 is 2.00 bits per heavy atom. The average molecular weight is 289 g/mol. The van der Waals surface area contributed by atoms with Crippen LogP contribution < -0.4 is 5.73 Å². The highest BCUT2D eigenvalue weighted by molar-refractivity contribution is 5.83. The van der Waals surface area contributed by atoms with Gasteiger partial charge in [0.15, 0.2) is 0 Å². The maximum Gasteiger partial charge on any atom is 0.226 e. The minimum Gasteiger partial charge on any atom is -0.371 e. The molecule has 1 heterocycles. The van der Waals surface area contributed by atoms with Crippen molar-refractivity contribution in [3.05, 3.63) is 35.9 Å². The third kappa shape index (κ3) is 2.09. The molecule has 3 atom stereocenters. The molecule has 0 spiro atoms. The summed E-state index contributed by atoms with van der Waals surface area (Å²) in [5, 5.41) is 0. The Hall–Kier alpha value is -1.39. The van der Waals surface area contributed by atoms with Gasteiger partial charge in [-0.05, 0) is 39.2 Å². The molecule has 1 aliphatic heterocycles. The number of fused-ring (bicyclic) bond motifs is 2. The van der Waals surface area contributed by atoms with Gasteiger partial charge in [-0.15, -0.1) is 0 Å². The number of amides is 1. The monoisotopic (exact) mass is 289 g/mol. The summed E-state index contributed by atoms with van der Waals surface area (Å²) < 4.78 is 12.2. The van der Waals surface area contributed by atoms with E-state index in [1.54, 1.807) is 0 Å². The fraction of sp³-hybridized carbons (Fsp3) is 0.588. The fourth-order valence-electron chi connectivity index (χ4n) is 4.05. The van der Waals surface area contributed by atoms with E-state index in [2.05, 4.69) is 0 Å². The van der Waals surface area contributed by atoms with E-state index in [1.165, 1.54) is 0 Å². The van der Waals surface area contributed by atoms with Crippen molar-refractivity contribution in [1.29, 1.82) is 0 Å². The molecule has 0 aromatic heterocycles. The summed E-state index contributed by atoms with van der Waals surface area (Å²) in [4.78, 5) is 12.0. The third-order valence-corrected chi connectivity index (χ3v) is 5.27. The van der Waals surface area contributed by atoms with Crippen LogP contribution in [0.4, 0.5) is 0 Å². The summed E-state index contributed by atoms with van der Waals surface area (Å²) in [6.07, 6.45) is 1.18. The highest BCUT2D eigenvalue weighted by atomic mass is 16.6. The number of carbonyl (C=O) groups is 1. The van der Waals surface area contributed by atoms with E-state index in [1.807, 2.05) is 51.1 Å². The second kappa shape index (κ2) is 4.55. The Bertz CT molecular complexity index is 556. The van der Waals surface area contributed by atoms with Gasteiger partial charge in [-0.1, -0.05) is 30.3 Å². The van der Waals surface area contributed by atoms with Crippen molar-refractivity contribution in [2.24, 2.45) is 11.1 Å². The molecule has 2 fully saturated rings. The van der Waals surface area contributed by atoms with Crippen molar-refractivity contribution in [1.82, 2.24) is 0 Å². The topological polar surface area (TPSA) is 61.6 Å². The zero-order valence-corrected chi connectivity index (χ0v) is 12.9. The van der Waals surface area contributed by atoms with E-state index >= 15 is 0 Å². The Morgan fingerprint density at radius 3 is 2.57 bits per heavy atom. The SMILES string of the molecule is CC12CC(C(N)=O)(CC1OCc1ccccc1)C(C)(C)O2. The van der Waals surface area contributed by atoms with Gasteiger partial charge in [0, 0.05) is 0 Å². The molecule has 4 nitrogen and oxygen atoms in total. The molecule has 1 aromatic carbocycles. The van der Waals surface area contributed by atoms with E-state index in [9.17, 15) is 4.79 Å². The normalized spacial score (nSPS) is 36.8. The van der Waals surface area contributed by atoms with E-state index in [0.29, 0.717) is 19.4 Å². The van der Waals surface area contributed by atoms with E-state index in [4.69, 9.17) is 15.2 Å². The summed E-state index contributed by atoms with van der Waals surface area (Å²) in [6.45, 7) is 6.47. The van der Waals surface area contributed by atoms with Gasteiger partial charge in [0.1, 0.15) is 0 Å². The Morgan fingerprint density at radius 1 is 1.33 bits per heavy atom. The van der Waals surface area contributed by atoms with Crippen LogP contribution in [-0.4, -0.2) is 23.2 Å². The molecule has 114 valence electrons. The second-order valence-corrected chi connectivity index (χ2v) is 7.04. The Labute approximate surface area is 125 Å². The van der Waals surface area contributed by atoms with Crippen LogP contribution in [0, 0.1) is 5.41 Å². The minimum atomic E-state index is -0.622. The first-order chi connectivity index (χ1) is 9.79. The molecule has 1 saturated heterocycles. The summed E-state index contributed by atoms with van der Waals surface area (Å²) in [7, 11) is 0. The molecular formula is C17H23NO3. The molecule has 4 heteroatoms. The van der Waals surface area contributed by atoms with Crippen molar-refractivity contribution in [2.75, 3.05) is 0 Å². The zero-order chi connectivity index (χ0) is 15.3. The lowest BCUT2D eigenvalue weighted by Crippen LogP contribution is -2.54. The zero-order valence-electron chi connectivity index (χ0n) is 12.9. The van der Waals surface area contributed by atoms with Gasteiger partial charge >= 0.3 is 0 Å². The quantitative estimate of drug-likeness (QED) is 0.926. The van der Waals surface area contributed by atoms with Crippen molar-refractivity contribution in [3.8, 4) is 0 Å². The summed E-state index contributed by atoms with van der Waals surface area (Å²) >= 11 is 0. The van der Waals surface area contributed by atoms with Crippen LogP contribution in [0.15, 0.2) is 30.3 Å². The molecule has 1 aromatic rings. The molecule has 2 N–H and O–H groups in total. The fourth-order valence-corrected chi connectivity index (χ4v) is 4.05. The maximum atomic E-state index is 12.0. The Kier molecular flexibility index (Phi) is 3.15. The van der Waals surface area contributed by atoms with Gasteiger partial charge in [0.25, 0.3) is 0 Å². The number of nitrogens with two attached hydrogens (primary N) is 1. The van der Waals surface area contributed by atoms with Gasteiger partial charge in [0.2, 0.25) is 5.91 Å². The summed E-state index contributed by atoms with van der Waals surface area (Å²) in [6, 6.07) is 10.0. The molecule has 2 bridgehead atoms. The number of carbonyl (C=O) groups excluding carboxylic acids is 1. The van der Waals surface area contributed by atoms with Gasteiger partial charge < -0.3 is 15.2 Å². The van der Waals surface area contributed by atoms with Crippen LogP contribution in [0.1, 0.15) is 39.2 Å². The first-order valence-corrected chi connectivity index (χ1v) is 7.45. The molecular weight excluding hydrogens is 266 g/mol. The van der Waals surface area contributed by atoms with E-state index in [-0.39, 0.29) is 12.0 Å². The lowest BCUT2D eigenvalue weighted by atomic mass is 9.72. The maximum absolute atomic E-state index is 12.0. The van der Waals surface area contributed by atoms with Crippen LogP contribution in [0.3, 0.4) is 0 Å². The van der Waals surface area contributed by atoms with Gasteiger partial charge in [-0.25, -0.2) is 0 Å². The number of rotatable bonds is 4. The predicted molar refractivity (Wildman–Crippen MR) is 79.4 cm³/mol. The van der Waals surface area contributed by atoms with Crippen LogP contribution in [0.25, 0.3) is 0 Å². The smallest absolute Gasteiger partial charge is 0.226 e. The van der Waals surface area contributed by atoms with Crippen molar-refractivity contribution in [2.45, 2.75) is 57.5 Å². The third-order valence-electron chi connectivity index (χ3n) is 5.27. The molecule has 3 rings (SSSR count). The lowest BCUT2D eigenvalue weighted by molar-refractivity contribution is -0.202. The van der Waals surface area contributed by atoms with Crippen LogP contribution in [-0.2, 0) is 20.9 Å². The van der Waals surface area contributed by atoms with Gasteiger partial charge in [-0.3, -0.25) is 4.79 Å². The molecule has 1 amide bonds. The van der Waals surface area contributed by atoms with Crippen LogP contribution in [0.5, 0.6) is 0 Å². The number of benzene rings is 1. The first-order valence-electron chi connectivity index (χ1n) is 7.45. The van der Waals surface area contributed by atoms with Crippen molar-refractivity contribution >= 4 is 5.91 Å². The van der Waals surface area contributed by atoms with Gasteiger partial charge in [-0.2, -0.15) is 0 Å². The minimum absolute atomic E-state index is 0.0989. The van der Waals surface area contributed by atoms with Crippen LogP contribution in [0.2, 0.25) is 0 Å². The molecule has 0 radical (unpaired) electrons. The van der Waals surface area contributed by atoms with Crippen molar-refractivity contribution < 1.29 is 14.3 Å². The average Bonchev–Trinajstić information content (AvgIpc) is 2.82. The summed E-state index contributed by atoms with van der Waals surface area (Å²) in [5.74, 6) is -0.276. The summed E-state index contributed by atoms with van der Waals surface area (Å²) in [5.41, 5.74) is 5.23. The standard InChI is InChI=1S/C17H23NO3/c1-15(2)17(14(18)19)9-13(16(3,11-17)21-15)20-10-12-7-5-4-6-8-12/h4-8,13H,9-11H2,1-3H3,(H2,18,19). The second-order valence-electron chi connectivity index (χ2n) is 7.04. The Balaban J connectivity index is 1.77. The van der Waals surface area contributed by atoms with Crippen molar-refractivity contribution in [3.63, 3.8) is 0 Å². The number of primary amides is 1. The van der Waals surface area contributed by atoms with Crippen LogP contribution >= 0.6 is 0 Å². The number of ether oxygens (including phenoxy) is 2. The number of hydrogen-bond acceptors (Lipinski definition) is 3. The largest absolute Gasteiger partial charge is 0.371 e. The van der Waals surface area contributed by atoms with E-state index in [0.717, 1.165) is 5.56 Å². The van der Waals surface area contributed by atoms with E-state index < -0.39 is 16.6 Å². The highest BCUT2D eigenvalue weighted by Crippen LogP contribution is 2.62. The molecule has 3 unspecified atom stereocenters. The first kappa shape index (κ1) is 14.5. The molecule has 1 saturated carbocycles. The highest BCUT2D eigenvalue weighted by Gasteiger charge is 2.70.